The molecule has 0 bridgehead atoms. The molecule has 0 saturated carbocycles. The molecule has 2 atom stereocenters. The van der Waals surface area contributed by atoms with Crippen molar-refractivity contribution in [1.82, 2.24) is 5.32 Å². The molecule has 0 unspecified atom stereocenters. The Hall–Kier alpha value is -2.11. The maximum absolute atomic E-state index is 12.5. The summed E-state index contributed by atoms with van der Waals surface area (Å²) in [6.07, 6.45) is 0. The van der Waals surface area contributed by atoms with Crippen molar-refractivity contribution in [1.29, 1.82) is 0 Å². The summed E-state index contributed by atoms with van der Waals surface area (Å²) in [6.45, 7) is 3.36. The van der Waals surface area contributed by atoms with E-state index in [-0.39, 0.29) is 5.91 Å². The van der Waals surface area contributed by atoms with E-state index in [0.717, 1.165) is 5.75 Å². The Labute approximate surface area is 151 Å². The summed E-state index contributed by atoms with van der Waals surface area (Å²) >= 11 is 1.60. The van der Waals surface area contributed by atoms with Crippen LogP contribution in [0.5, 0.6) is 0 Å². The standard InChI is InChI=1S/C20H20N2O2S/c1-14-6-5-9-16(10-14)20-13-24-11-17(20)12-25-19(22-20)21-18(23)15-7-3-2-4-8-15/h2-10,17H,11-13H2,1H3,(H,21,22,23)/t17-,20+/m0/s1. The zero-order valence-corrected chi connectivity index (χ0v) is 14.9. The molecule has 128 valence electrons. The van der Waals surface area contributed by atoms with Gasteiger partial charge in [-0.2, -0.15) is 0 Å². The highest BCUT2D eigenvalue weighted by molar-refractivity contribution is 8.13. The lowest BCUT2D eigenvalue weighted by Crippen LogP contribution is -2.42. The van der Waals surface area contributed by atoms with Gasteiger partial charge in [0.2, 0.25) is 0 Å². The number of aryl methyl sites for hydroxylation is 1. The van der Waals surface area contributed by atoms with Crippen molar-refractivity contribution >= 4 is 22.8 Å². The Morgan fingerprint density at radius 1 is 1.24 bits per heavy atom. The number of aliphatic imine (C=N–C) groups is 1. The summed E-state index contributed by atoms with van der Waals surface area (Å²) < 4.78 is 5.79. The molecule has 2 aromatic rings. The van der Waals surface area contributed by atoms with Crippen LogP contribution in [-0.4, -0.2) is 30.0 Å². The molecule has 2 heterocycles. The van der Waals surface area contributed by atoms with Crippen LogP contribution in [0.1, 0.15) is 21.5 Å². The number of hydrogen-bond acceptors (Lipinski definition) is 4. The second-order valence-electron chi connectivity index (χ2n) is 6.55. The maximum Gasteiger partial charge on any atom is 0.257 e. The minimum atomic E-state index is -0.392. The zero-order chi connectivity index (χ0) is 17.3. The van der Waals surface area contributed by atoms with E-state index in [0.29, 0.717) is 29.9 Å². The lowest BCUT2D eigenvalue weighted by Gasteiger charge is -2.35. The molecule has 2 aliphatic rings. The van der Waals surface area contributed by atoms with E-state index in [1.54, 1.807) is 23.9 Å². The molecule has 0 aliphatic carbocycles. The molecule has 4 nitrogen and oxygen atoms in total. The first-order chi connectivity index (χ1) is 12.2. The number of carbonyl (C=O) groups is 1. The number of amidine groups is 1. The van der Waals surface area contributed by atoms with E-state index in [1.165, 1.54) is 11.1 Å². The summed E-state index contributed by atoms with van der Waals surface area (Å²) in [4.78, 5) is 17.4. The minimum absolute atomic E-state index is 0.122. The Kier molecular flexibility index (Phi) is 4.36. The van der Waals surface area contributed by atoms with Crippen LogP contribution in [0, 0.1) is 12.8 Å². The number of rotatable bonds is 2. The molecule has 2 aromatic carbocycles. The normalized spacial score (nSPS) is 25.2. The first kappa shape index (κ1) is 16.4. The van der Waals surface area contributed by atoms with Gasteiger partial charge in [-0.25, -0.2) is 4.99 Å². The van der Waals surface area contributed by atoms with E-state index in [1.807, 2.05) is 18.2 Å². The summed E-state index contributed by atoms with van der Waals surface area (Å²) in [5.41, 5.74) is 2.62. The SMILES string of the molecule is Cc1cccc([C@]23COC[C@H]2CSC(NC(=O)c2ccccc2)=N3)c1. The molecule has 1 saturated heterocycles. The van der Waals surface area contributed by atoms with Crippen LogP contribution in [0.2, 0.25) is 0 Å². The van der Waals surface area contributed by atoms with Gasteiger partial charge in [-0.15, -0.1) is 0 Å². The molecule has 0 radical (unpaired) electrons. The zero-order valence-electron chi connectivity index (χ0n) is 14.1. The number of thioether (sulfide) groups is 1. The van der Waals surface area contributed by atoms with Crippen molar-refractivity contribution in [2.24, 2.45) is 10.9 Å². The monoisotopic (exact) mass is 352 g/mol. The van der Waals surface area contributed by atoms with Crippen LogP contribution in [-0.2, 0) is 10.3 Å². The van der Waals surface area contributed by atoms with Crippen LogP contribution in [0.15, 0.2) is 59.6 Å². The number of fused-ring (bicyclic) bond motifs is 1. The lowest BCUT2D eigenvalue weighted by molar-refractivity contribution is 0.0977. The van der Waals surface area contributed by atoms with Crippen molar-refractivity contribution in [3.63, 3.8) is 0 Å². The number of nitrogens with zero attached hydrogens (tertiary/aromatic N) is 1. The summed E-state index contributed by atoms with van der Waals surface area (Å²) in [5, 5.41) is 3.65. The molecule has 0 aromatic heterocycles. The number of hydrogen-bond donors (Lipinski definition) is 1. The maximum atomic E-state index is 12.5. The average molecular weight is 352 g/mol. The molecular formula is C20H20N2O2S. The fraction of sp³-hybridized carbons (Fsp3) is 0.300. The fourth-order valence-electron chi connectivity index (χ4n) is 3.44. The highest BCUT2D eigenvalue weighted by Crippen LogP contribution is 2.44. The summed E-state index contributed by atoms with van der Waals surface area (Å²) in [5.74, 6) is 1.10. The molecule has 0 spiro atoms. The van der Waals surface area contributed by atoms with E-state index in [4.69, 9.17) is 9.73 Å². The first-order valence-corrected chi connectivity index (χ1v) is 9.40. The van der Waals surface area contributed by atoms with Gasteiger partial charge < -0.3 is 10.1 Å². The van der Waals surface area contributed by atoms with Crippen LogP contribution >= 0.6 is 11.8 Å². The molecule has 1 amide bonds. The first-order valence-electron chi connectivity index (χ1n) is 8.41. The van der Waals surface area contributed by atoms with Gasteiger partial charge in [0.15, 0.2) is 5.17 Å². The fourth-order valence-corrected chi connectivity index (χ4v) is 4.56. The van der Waals surface area contributed by atoms with Gasteiger partial charge in [-0.3, -0.25) is 4.79 Å². The molecule has 1 fully saturated rings. The molecule has 25 heavy (non-hydrogen) atoms. The van der Waals surface area contributed by atoms with Gasteiger partial charge in [0.25, 0.3) is 5.91 Å². The average Bonchev–Trinajstić information content (AvgIpc) is 3.07. The number of nitrogens with one attached hydrogen (secondary N) is 1. The van der Waals surface area contributed by atoms with Crippen molar-refractivity contribution in [2.45, 2.75) is 12.5 Å². The second-order valence-corrected chi connectivity index (χ2v) is 7.56. The smallest absolute Gasteiger partial charge is 0.257 e. The van der Waals surface area contributed by atoms with Crippen LogP contribution in [0.25, 0.3) is 0 Å². The van der Waals surface area contributed by atoms with Crippen LogP contribution < -0.4 is 5.32 Å². The van der Waals surface area contributed by atoms with Gasteiger partial charge in [0, 0.05) is 17.2 Å². The van der Waals surface area contributed by atoms with Crippen molar-refractivity contribution in [2.75, 3.05) is 19.0 Å². The predicted molar refractivity (Wildman–Crippen MR) is 101 cm³/mol. The van der Waals surface area contributed by atoms with Gasteiger partial charge in [0.1, 0.15) is 5.54 Å². The summed E-state index contributed by atoms with van der Waals surface area (Å²) in [7, 11) is 0. The molecular weight excluding hydrogens is 332 g/mol. The highest BCUT2D eigenvalue weighted by atomic mass is 32.2. The number of carbonyl (C=O) groups excluding carboxylic acids is 1. The third-order valence-corrected chi connectivity index (χ3v) is 5.85. The van der Waals surface area contributed by atoms with Crippen LogP contribution in [0.3, 0.4) is 0 Å². The molecule has 4 rings (SSSR count). The van der Waals surface area contributed by atoms with Gasteiger partial charge in [0.05, 0.1) is 13.2 Å². The Bertz CT molecular complexity index is 821. The second kappa shape index (κ2) is 6.65. The van der Waals surface area contributed by atoms with E-state index < -0.39 is 5.54 Å². The Morgan fingerprint density at radius 3 is 2.88 bits per heavy atom. The topological polar surface area (TPSA) is 50.7 Å². The van der Waals surface area contributed by atoms with E-state index in [2.05, 4.69) is 36.5 Å². The van der Waals surface area contributed by atoms with E-state index >= 15 is 0 Å². The minimum Gasteiger partial charge on any atom is -0.378 e. The third kappa shape index (κ3) is 3.10. The molecule has 1 N–H and O–H groups in total. The van der Waals surface area contributed by atoms with Crippen molar-refractivity contribution < 1.29 is 9.53 Å². The van der Waals surface area contributed by atoms with Gasteiger partial charge in [-0.05, 0) is 24.6 Å². The van der Waals surface area contributed by atoms with E-state index in [9.17, 15) is 4.79 Å². The third-order valence-electron chi connectivity index (χ3n) is 4.81. The largest absolute Gasteiger partial charge is 0.378 e. The van der Waals surface area contributed by atoms with Gasteiger partial charge >= 0.3 is 0 Å². The van der Waals surface area contributed by atoms with Crippen LogP contribution in [0.4, 0.5) is 0 Å². The number of ether oxygens (including phenoxy) is 1. The molecule has 2 aliphatic heterocycles. The van der Waals surface area contributed by atoms with Gasteiger partial charge in [-0.1, -0.05) is 59.8 Å². The number of benzene rings is 2. The number of amides is 1. The lowest BCUT2D eigenvalue weighted by atomic mass is 9.81. The Balaban J connectivity index is 1.66. The quantitative estimate of drug-likeness (QED) is 0.901. The highest BCUT2D eigenvalue weighted by Gasteiger charge is 2.48. The summed E-state index contributed by atoms with van der Waals surface area (Å²) in [6, 6.07) is 17.7. The Morgan fingerprint density at radius 2 is 2.08 bits per heavy atom. The van der Waals surface area contributed by atoms with Crippen molar-refractivity contribution in [3.8, 4) is 0 Å². The van der Waals surface area contributed by atoms with Crippen molar-refractivity contribution in [3.05, 3.63) is 71.3 Å². The predicted octanol–water partition coefficient (Wildman–Crippen LogP) is 3.37. The molecule has 5 heteroatoms.